The third-order valence-corrected chi connectivity index (χ3v) is 2.38. The molecule has 6 heteroatoms. The van der Waals surface area contributed by atoms with Gasteiger partial charge in [-0.1, -0.05) is 17.7 Å². The van der Waals surface area contributed by atoms with E-state index in [4.69, 9.17) is 21.4 Å². The Morgan fingerprint density at radius 2 is 2.17 bits per heavy atom. The van der Waals surface area contributed by atoms with Gasteiger partial charge in [-0.15, -0.1) is 0 Å². The largest absolute Gasteiger partial charge is 0.480 e. The summed E-state index contributed by atoms with van der Waals surface area (Å²) in [7, 11) is 0. The third-order valence-electron chi connectivity index (χ3n) is 2.14. The van der Waals surface area contributed by atoms with Crippen LogP contribution in [0.1, 0.15) is 6.92 Å². The molecule has 1 N–H and O–H groups in total. The highest BCUT2D eigenvalue weighted by atomic mass is 35.5. The second-order valence-electron chi connectivity index (χ2n) is 3.49. The molecule has 0 aliphatic carbocycles. The van der Waals surface area contributed by atoms with Crippen LogP contribution in [-0.2, 0) is 14.3 Å². The molecule has 5 nitrogen and oxygen atoms in total. The molecule has 0 aliphatic rings. The maximum Gasteiger partial charge on any atom is 0.323 e. The van der Waals surface area contributed by atoms with Crippen LogP contribution < -0.4 is 4.90 Å². The number of rotatable bonds is 6. The molecule has 1 rings (SSSR count). The van der Waals surface area contributed by atoms with Crippen LogP contribution in [0.2, 0.25) is 5.02 Å². The monoisotopic (exact) mass is 271 g/mol. The van der Waals surface area contributed by atoms with Gasteiger partial charge in [-0.3, -0.25) is 14.5 Å². The number of hydrogen-bond donors (Lipinski definition) is 1. The van der Waals surface area contributed by atoms with E-state index in [2.05, 4.69) is 0 Å². The van der Waals surface area contributed by atoms with Crippen LogP contribution in [0.4, 0.5) is 5.69 Å². The lowest BCUT2D eigenvalue weighted by atomic mass is 10.3. The van der Waals surface area contributed by atoms with Gasteiger partial charge in [0.05, 0.1) is 0 Å². The fraction of sp³-hybridized carbons (Fsp3) is 0.333. The number of halogens is 1. The minimum Gasteiger partial charge on any atom is -0.480 e. The van der Waals surface area contributed by atoms with Crippen LogP contribution in [0.15, 0.2) is 24.3 Å². The molecular formula is C12H14ClNO4. The number of ether oxygens (including phenoxy) is 1. The molecule has 0 bridgehead atoms. The number of carbonyl (C=O) groups is 2. The van der Waals surface area contributed by atoms with E-state index in [1.54, 1.807) is 25.1 Å². The summed E-state index contributed by atoms with van der Waals surface area (Å²) in [6.07, 6.45) is 0. The third kappa shape index (κ3) is 4.35. The van der Waals surface area contributed by atoms with E-state index in [1.807, 2.05) is 0 Å². The first-order valence-electron chi connectivity index (χ1n) is 5.40. The molecule has 1 aromatic carbocycles. The molecule has 0 radical (unpaired) electrons. The minimum atomic E-state index is -1.10. The summed E-state index contributed by atoms with van der Waals surface area (Å²) in [5, 5.41) is 9.26. The zero-order chi connectivity index (χ0) is 13.5. The summed E-state index contributed by atoms with van der Waals surface area (Å²) in [6.45, 7) is 1.57. The van der Waals surface area contributed by atoms with Gasteiger partial charge in [0.2, 0.25) is 0 Å². The number of anilines is 1. The first-order chi connectivity index (χ1) is 8.54. The van der Waals surface area contributed by atoms with Crippen molar-refractivity contribution in [1.82, 2.24) is 0 Å². The maximum absolute atomic E-state index is 11.8. The van der Waals surface area contributed by atoms with E-state index in [-0.39, 0.29) is 6.61 Å². The SMILES string of the molecule is CCOCC(=O)N(CC(=O)O)c1cccc(Cl)c1. The molecular weight excluding hydrogens is 258 g/mol. The smallest absolute Gasteiger partial charge is 0.323 e. The molecule has 0 saturated carbocycles. The van der Waals surface area contributed by atoms with E-state index in [9.17, 15) is 9.59 Å². The number of hydrogen-bond acceptors (Lipinski definition) is 3. The topological polar surface area (TPSA) is 66.8 Å². The van der Waals surface area contributed by atoms with Crippen LogP contribution in [0.3, 0.4) is 0 Å². The lowest BCUT2D eigenvalue weighted by Gasteiger charge is -2.20. The van der Waals surface area contributed by atoms with Crippen molar-refractivity contribution in [2.45, 2.75) is 6.92 Å². The summed E-state index contributed by atoms with van der Waals surface area (Å²) in [4.78, 5) is 23.8. The molecule has 1 amide bonds. The molecule has 0 spiro atoms. The number of carboxylic acid groups (broad SMARTS) is 1. The van der Waals surface area contributed by atoms with Crippen molar-refractivity contribution in [2.75, 3.05) is 24.7 Å². The molecule has 0 atom stereocenters. The van der Waals surface area contributed by atoms with Gasteiger partial charge in [-0.25, -0.2) is 0 Å². The van der Waals surface area contributed by atoms with E-state index < -0.39 is 18.4 Å². The molecule has 0 saturated heterocycles. The number of amides is 1. The zero-order valence-electron chi connectivity index (χ0n) is 9.93. The Labute approximate surface area is 110 Å². The quantitative estimate of drug-likeness (QED) is 0.857. The summed E-state index contributed by atoms with van der Waals surface area (Å²) in [5.41, 5.74) is 0.439. The normalized spacial score (nSPS) is 10.1. The summed E-state index contributed by atoms with van der Waals surface area (Å²) >= 11 is 5.82. The van der Waals surface area contributed by atoms with E-state index in [0.29, 0.717) is 17.3 Å². The zero-order valence-corrected chi connectivity index (χ0v) is 10.7. The van der Waals surface area contributed by atoms with Crippen molar-refractivity contribution >= 4 is 29.2 Å². The van der Waals surface area contributed by atoms with Crippen LogP contribution in [-0.4, -0.2) is 36.7 Å². The van der Waals surface area contributed by atoms with Gasteiger partial charge >= 0.3 is 5.97 Å². The summed E-state index contributed by atoms with van der Waals surface area (Å²) < 4.78 is 4.99. The van der Waals surface area contributed by atoms with E-state index >= 15 is 0 Å². The number of carboxylic acids is 1. The van der Waals surface area contributed by atoms with Crippen molar-refractivity contribution in [1.29, 1.82) is 0 Å². The summed E-state index contributed by atoms with van der Waals surface area (Å²) in [6, 6.07) is 6.46. The average Bonchev–Trinajstić information content (AvgIpc) is 2.32. The van der Waals surface area contributed by atoms with Crippen molar-refractivity contribution in [3.8, 4) is 0 Å². The second-order valence-corrected chi connectivity index (χ2v) is 3.93. The van der Waals surface area contributed by atoms with Gasteiger partial charge in [0.15, 0.2) is 0 Å². The van der Waals surface area contributed by atoms with Crippen LogP contribution >= 0.6 is 11.6 Å². The average molecular weight is 272 g/mol. The number of benzene rings is 1. The Balaban J connectivity index is 2.90. The van der Waals surface area contributed by atoms with Crippen molar-refractivity contribution in [3.63, 3.8) is 0 Å². The van der Waals surface area contributed by atoms with Gasteiger partial charge < -0.3 is 9.84 Å². The maximum atomic E-state index is 11.8. The molecule has 0 aromatic heterocycles. The lowest BCUT2D eigenvalue weighted by molar-refractivity contribution is -0.137. The van der Waals surface area contributed by atoms with E-state index in [1.165, 1.54) is 6.07 Å². The van der Waals surface area contributed by atoms with Gasteiger partial charge in [0, 0.05) is 17.3 Å². The first kappa shape index (κ1) is 14.5. The van der Waals surface area contributed by atoms with Crippen LogP contribution in [0.25, 0.3) is 0 Å². The molecule has 0 fully saturated rings. The Morgan fingerprint density at radius 1 is 1.44 bits per heavy atom. The fourth-order valence-electron chi connectivity index (χ4n) is 1.37. The molecule has 98 valence electrons. The van der Waals surface area contributed by atoms with Crippen molar-refractivity contribution in [2.24, 2.45) is 0 Å². The number of carbonyl (C=O) groups excluding carboxylic acids is 1. The Hall–Kier alpha value is -1.59. The highest BCUT2D eigenvalue weighted by Crippen LogP contribution is 2.19. The van der Waals surface area contributed by atoms with Gasteiger partial charge in [0.25, 0.3) is 5.91 Å². The highest BCUT2D eigenvalue weighted by Gasteiger charge is 2.18. The van der Waals surface area contributed by atoms with Crippen molar-refractivity contribution in [3.05, 3.63) is 29.3 Å². The molecule has 1 aromatic rings. The standard InChI is InChI=1S/C12H14ClNO4/c1-2-18-8-11(15)14(7-12(16)17)10-5-3-4-9(13)6-10/h3-6H,2,7-8H2,1H3,(H,16,17). The molecule has 0 heterocycles. The summed E-state index contributed by atoms with van der Waals surface area (Å²) in [5.74, 6) is -1.51. The fourth-order valence-corrected chi connectivity index (χ4v) is 1.55. The van der Waals surface area contributed by atoms with Crippen molar-refractivity contribution < 1.29 is 19.4 Å². The predicted octanol–water partition coefficient (Wildman–Crippen LogP) is 1.79. The molecule has 0 unspecified atom stereocenters. The Morgan fingerprint density at radius 3 is 2.72 bits per heavy atom. The Bertz CT molecular complexity index is 436. The van der Waals surface area contributed by atoms with Gasteiger partial charge in [-0.2, -0.15) is 0 Å². The van der Waals surface area contributed by atoms with Gasteiger partial charge in [0.1, 0.15) is 13.2 Å². The predicted molar refractivity (Wildman–Crippen MR) is 67.9 cm³/mol. The highest BCUT2D eigenvalue weighted by molar-refractivity contribution is 6.30. The lowest BCUT2D eigenvalue weighted by Crippen LogP contribution is -2.38. The second kappa shape index (κ2) is 6.98. The van der Waals surface area contributed by atoms with Crippen LogP contribution in [0.5, 0.6) is 0 Å². The molecule has 0 aliphatic heterocycles. The number of nitrogens with zero attached hydrogens (tertiary/aromatic N) is 1. The van der Waals surface area contributed by atoms with E-state index in [0.717, 1.165) is 4.90 Å². The Kier molecular flexibility index (Phi) is 5.61. The number of aliphatic carboxylic acids is 1. The first-order valence-corrected chi connectivity index (χ1v) is 5.78. The minimum absolute atomic E-state index is 0.156. The van der Waals surface area contributed by atoms with Gasteiger partial charge in [-0.05, 0) is 25.1 Å². The van der Waals surface area contributed by atoms with Crippen LogP contribution in [0, 0.1) is 0 Å². The molecule has 18 heavy (non-hydrogen) atoms.